The van der Waals surface area contributed by atoms with Gasteiger partial charge in [0.05, 0.1) is 17.6 Å². The third kappa shape index (κ3) is 1.67. The predicted octanol–water partition coefficient (Wildman–Crippen LogP) is 4.35. The molecule has 0 unspecified atom stereocenters. The summed E-state index contributed by atoms with van der Waals surface area (Å²) in [6.07, 6.45) is 1.65. The fourth-order valence-corrected chi connectivity index (χ4v) is 2.35. The second-order valence-corrected chi connectivity index (χ2v) is 4.57. The van der Waals surface area contributed by atoms with Crippen LogP contribution in [0, 0.1) is 6.85 Å². The zero-order chi connectivity index (χ0) is 16.0. The van der Waals surface area contributed by atoms with E-state index in [4.69, 9.17) is 8.53 Å². The maximum absolute atomic E-state index is 7.48. The van der Waals surface area contributed by atoms with E-state index in [9.17, 15) is 0 Å². The Morgan fingerprint density at radius 3 is 2.85 bits per heavy atom. The Labute approximate surface area is 120 Å². The second kappa shape index (κ2) is 4.17. The molecule has 0 aliphatic heterocycles. The van der Waals surface area contributed by atoms with E-state index in [1.54, 1.807) is 18.3 Å². The molecule has 3 heterocycles. The third-order valence-electron chi connectivity index (χ3n) is 3.28. The molecule has 0 saturated carbocycles. The largest absolute Gasteiger partial charge is 0.454 e. The first-order valence-electron chi connectivity index (χ1n) is 7.77. The van der Waals surface area contributed by atoms with E-state index < -0.39 is 6.85 Å². The molecule has 96 valence electrons. The van der Waals surface area contributed by atoms with E-state index in [0.717, 1.165) is 16.4 Å². The number of pyridine rings is 2. The minimum atomic E-state index is -2.23. The molecule has 0 N–H and O–H groups in total. The molecule has 3 nitrogen and oxygen atoms in total. The van der Waals surface area contributed by atoms with Gasteiger partial charge in [0.25, 0.3) is 0 Å². The molecule has 0 atom stereocenters. The van der Waals surface area contributed by atoms with Crippen molar-refractivity contribution in [1.29, 1.82) is 0 Å². The Bertz CT molecular complexity index is 1020. The fourth-order valence-electron chi connectivity index (χ4n) is 2.35. The number of aryl methyl sites for hydroxylation is 1. The van der Waals surface area contributed by atoms with Gasteiger partial charge in [0.1, 0.15) is 5.58 Å². The summed E-state index contributed by atoms with van der Waals surface area (Å²) in [5, 5.41) is 1.94. The molecule has 4 rings (SSSR count). The summed E-state index contributed by atoms with van der Waals surface area (Å²) in [5.74, 6) is 0. The lowest BCUT2D eigenvalue weighted by molar-refractivity contribution is 0.667. The number of rotatable bonds is 1. The van der Waals surface area contributed by atoms with Gasteiger partial charge in [-0.05, 0) is 31.1 Å². The van der Waals surface area contributed by atoms with Crippen LogP contribution in [0.2, 0.25) is 0 Å². The maximum atomic E-state index is 7.48. The van der Waals surface area contributed by atoms with E-state index >= 15 is 0 Å². The van der Waals surface area contributed by atoms with Gasteiger partial charge in [-0.1, -0.05) is 24.3 Å². The molecule has 0 fully saturated rings. The van der Waals surface area contributed by atoms with Crippen LogP contribution < -0.4 is 0 Å². The first-order chi connectivity index (χ1) is 11.0. The van der Waals surface area contributed by atoms with Gasteiger partial charge in [-0.3, -0.25) is 9.97 Å². The highest BCUT2D eigenvalue weighted by molar-refractivity contribution is 6.05. The van der Waals surface area contributed by atoms with E-state index in [2.05, 4.69) is 9.97 Å². The number of nitrogens with zero attached hydrogens (tertiary/aromatic N) is 2. The first kappa shape index (κ1) is 8.48. The Balaban J connectivity index is 1.91. The lowest BCUT2D eigenvalue weighted by atomic mass is 10.1. The van der Waals surface area contributed by atoms with Gasteiger partial charge in [-0.15, -0.1) is 0 Å². The Hall–Kier alpha value is -2.68. The number of para-hydroxylation sites is 1. The first-order valence-corrected chi connectivity index (χ1v) is 6.27. The molecule has 0 spiro atoms. The SMILES string of the molecule is [2H]C([2H])([2H])c1cccc(-c2cc3c(cn2)oc2ccccc23)n1. The summed E-state index contributed by atoms with van der Waals surface area (Å²) in [4.78, 5) is 8.59. The molecule has 0 aliphatic rings. The zero-order valence-electron chi connectivity index (χ0n) is 13.5. The number of benzene rings is 1. The van der Waals surface area contributed by atoms with Crippen LogP contribution in [0.4, 0.5) is 0 Å². The lowest BCUT2D eigenvalue weighted by Gasteiger charge is -2.01. The van der Waals surface area contributed by atoms with Crippen LogP contribution in [0.3, 0.4) is 0 Å². The average molecular weight is 263 g/mol. The molecule has 0 saturated heterocycles. The van der Waals surface area contributed by atoms with E-state index in [-0.39, 0.29) is 5.69 Å². The van der Waals surface area contributed by atoms with Crippen LogP contribution in [-0.4, -0.2) is 9.97 Å². The van der Waals surface area contributed by atoms with Crippen LogP contribution in [0.15, 0.2) is 59.1 Å². The van der Waals surface area contributed by atoms with Crippen molar-refractivity contribution in [2.24, 2.45) is 0 Å². The molecule has 3 aromatic heterocycles. The fraction of sp³-hybridized carbons (Fsp3) is 0.0588. The van der Waals surface area contributed by atoms with Crippen LogP contribution in [0.25, 0.3) is 33.3 Å². The predicted molar refractivity (Wildman–Crippen MR) is 79.5 cm³/mol. The third-order valence-corrected chi connectivity index (χ3v) is 3.28. The summed E-state index contributed by atoms with van der Waals surface area (Å²) in [7, 11) is 0. The number of furan rings is 1. The summed E-state index contributed by atoms with van der Waals surface area (Å²) in [5.41, 5.74) is 2.71. The van der Waals surface area contributed by atoms with Crippen molar-refractivity contribution in [3.8, 4) is 11.4 Å². The van der Waals surface area contributed by atoms with Crippen molar-refractivity contribution < 1.29 is 8.53 Å². The smallest absolute Gasteiger partial charge is 0.153 e. The summed E-state index contributed by atoms with van der Waals surface area (Å²) in [6.45, 7) is -2.23. The van der Waals surface area contributed by atoms with Crippen molar-refractivity contribution in [2.45, 2.75) is 6.85 Å². The Morgan fingerprint density at radius 1 is 0.950 bits per heavy atom. The topological polar surface area (TPSA) is 38.9 Å². The Kier molecular flexibility index (Phi) is 1.77. The molecule has 3 heteroatoms. The minimum absolute atomic E-state index is 0.0638. The minimum Gasteiger partial charge on any atom is -0.454 e. The monoisotopic (exact) mass is 263 g/mol. The van der Waals surface area contributed by atoms with E-state index in [0.29, 0.717) is 17.0 Å². The average Bonchev–Trinajstić information content (AvgIpc) is 2.92. The van der Waals surface area contributed by atoms with Gasteiger partial charge >= 0.3 is 0 Å². The summed E-state index contributed by atoms with van der Waals surface area (Å²) >= 11 is 0. The molecular weight excluding hydrogens is 248 g/mol. The van der Waals surface area contributed by atoms with Gasteiger partial charge in [0.15, 0.2) is 5.58 Å². The van der Waals surface area contributed by atoms with E-state index in [1.807, 2.05) is 30.3 Å². The summed E-state index contributed by atoms with van der Waals surface area (Å²) < 4.78 is 28.2. The Morgan fingerprint density at radius 2 is 1.90 bits per heavy atom. The molecule has 0 amide bonds. The van der Waals surface area contributed by atoms with Crippen LogP contribution in [0.1, 0.15) is 9.81 Å². The lowest BCUT2D eigenvalue weighted by Crippen LogP contribution is -1.88. The molecule has 20 heavy (non-hydrogen) atoms. The van der Waals surface area contributed by atoms with Crippen LogP contribution >= 0.6 is 0 Å². The maximum Gasteiger partial charge on any atom is 0.153 e. The highest BCUT2D eigenvalue weighted by Gasteiger charge is 2.09. The molecule has 4 aromatic rings. The normalized spacial score (nSPS) is 14.1. The molecule has 0 bridgehead atoms. The zero-order valence-corrected chi connectivity index (χ0v) is 10.5. The van der Waals surface area contributed by atoms with Gasteiger partial charge in [-0.2, -0.15) is 0 Å². The standard InChI is InChI=1S/C17H12N2O/c1-11-5-4-7-14(19-11)15-9-13-12-6-2-3-8-16(12)20-17(13)10-18-15/h2-10H,1H3/i1D3. The molecular formula is C17H12N2O. The second-order valence-electron chi connectivity index (χ2n) is 4.57. The number of hydrogen-bond acceptors (Lipinski definition) is 3. The molecule has 0 aliphatic carbocycles. The quantitative estimate of drug-likeness (QED) is 0.512. The highest BCUT2D eigenvalue weighted by Crippen LogP contribution is 2.30. The number of hydrogen-bond donors (Lipinski definition) is 0. The van der Waals surface area contributed by atoms with Crippen LogP contribution in [0.5, 0.6) is 0 Å². The molecule has 0 radical (unpaired) electrons. The van der Waals surface area contributed by atoms with Crippen molar-refractivity contribution in [3.05, 3.63) is 60.4 Å². The highest BCUT2D eigenvalue weighted by atomic mass is 16.3. The summed E-state index contributed by atoms with van der Waals surface area (Å²) in [6, 6.07) is 14.6. The van der Waals surface area contributed by atoms with Gasteiger partial charge in [-0.25, -0.2) is 0 Å². The van der Waals surface area contributed by atoms with Gasteiger partial charge in [0.2, 0.25) is 0 Å². The number of aromatic nitrogens is 2. The van der Waals surface area contributed by atoms with Crippen molar-refractivity contribution in [1.82, 2.24) is 9.97 Å². The van der Waals surface area contributed by atoms with Gasteiger partial charge < -0.3 is 4.42 Å². The van der Waals surface area contributed by atoms with Crippen LogP contribution in [-0.2, 0) is 0 Å². The number of fused-ring (bicyclic) bond motifs is 3. The van der Waals surface area contributed by atoms with Crippen molar-refractivity contribution in [2.75, 3.05) is 0 Å². The van der Waals surface area contributed by atoms with Crippen molar-refractivity contribution in [3.63, 3.8) is 0 Å². The van der Waals surface area contributed by atoms with Crippen molar-refractivity contribution >= 4 is 21.9 Å². The van der Waals surface area contributed by atoms with Gasteiger partial charge in [0, 0.05) is 20.6 Å². The molecule has 1 aromatic carbocycles. The van der Waals surface area contributed by atoms with E-state index in [1.165, 1.54) is 6.07 Å².